The van der Waals surface area contributed by atoms with Crippen LogP contribution < -0.4 is 11.5 Å². The first-order valence-corrected chi connectivity index (χ1v) is 3.03. The van der Waals surface area contributed by atoms with Gasteiger partial charge in [0.25, 0.3) is 0 Å². The molecular formula is C3H4ClN3S. The molecular weight excluding hydrogens is 146 g/mol. The van der Waals surface area contributed by atoms with Crippen molar-refractivity contribution in [1.29, 1.82) is 0 Å². The van der Waals surface area contributed by atoms with Crippen LogP contribution in [0.15, 0.2) is 0 Å². The molecule has 0 aliphatic rings. The normalized spacial score (nSPS) is 9.62. The lowest BCUT2D eigenvalue weighted by atomic mass is 10.6. The van der Waals surface area contributed by atoms with Gasteiger partial charge in [0.05, 0.1) is 0 Å². The average Bonchev–Trinajstić information content (AvgIpc) is 1.98. The van der Waals surface area contributed by atoms with Crippen LogP contribution in [0.3, 0.4) is 0 Å². The number of hydrogen-bond donors (Lipinski definition) is 2. The Labute approximate surface area is 55.4 Å². The van der Waals surface area contributed by atoms with Gasteiger partial charge in [0, 0.05) is 0 Å². The summed E-state index contributed by atoms with van der Waals surface area (Å²) in [5.74, 6) is 0. The van der Waals surface area contributed by atoms with Crippen molar-refractivity contribution in [1.82, 2.24) is 4.37 Å². The van der Waals surface area contributed by atoms with Crippen LogP contribution in [-0.2, 0) is 0 Å². The molecule has 0 saturated heterocycles. The van der Waals surface area contributed by atoms with E-state index in [-0.39, 0.29) is 0 Å². The Morgan fingerprint density at radius 3 is 2.25 bits per heavy atom. The highest BCUT2D eigenvalue weighted by molar-refractivity contribution is 7.11. The lowest BCUT2D eigenvalue weighted by Crippen LogP contribution is -1.87. The summed E-state index contributed by atoms with van der Waals surface area (Å²) < 4.78 is 3.67. The second kappa shape index (κ2) is 1.80. The van der Waals surface area contributed by atoms with Gasteiger partial charge in [-0.1, -0.05) is 11.6 Å². The molecule has 0 aromatic carbocycles. The van der Waals surface area contributed by atoms with Gasteiger partial charge in [-0.15, -0.1) is 0 Å². The molecule has 0 aliphatic carbocycles. The second-order valence-electron chi connectivity index (χ2n) is 1.25. The first-order valence-electron chi connectivity index (χ1n) is 1.88. The maximum atomic E-state index is 5.42. The van der Waals surface area contributed by atoms with E-state index >= 15 is 0 Å². The summed E-state index contributed by atoms with van der Waals surface area (Å²) in [6.07, 6.45) is 0. The molecule has 4 N–H and O–H groups in total. The maximum Gasteiger partial charge on any atom is 0.167 e. The number of nitrogens with zero attached hydrogens (tertiary/aromatic N) is 1. The molecule has 1 aromatic rings. The molecule has 0 atom stereocenters. The lowest BCUT2D eigenvalue weighted by Gasteiger charge is -1.83. The molecule has 0 aliphatic heterocycles. The summed E-state index contributed by atoms with van der Waals surface area (Å²) in [5, 5.41) is 0.780. The Balaban J connectivity index is 3.19. The smallest absolute Gasteiger partial charge is 0.167 e. The van der Waals surface area contributed by atoms with Gasteiger partial charge in [-0.25, -0.2) is 0 Å². The fraction of sp³-hybridized carbons (Fsp3) is 0. The number of rotatable bonds is 0. The molecule has 0 amide bonds. The zero-order valence-electron chi connectivity index (χ0n) is 3.89. The Hall–Kier alpha value is -0.480. The van der Waals surface area contributed by atoms with E-state index in [9.17, 15) is 0 Å². The molecule has 1 heterocycles. The fourth-order valence-corrected chi connectivity index (χ4v) is 1.02. The van der Waals surface area contributed by atoms with E-state index in [1.165, 1.54) is 0 Å². The van der Waals surface area contributed by atoms with Crippen molar-refractivity contribution in [2.24, 2.45) is 0 Å². The largest absolute Gasteiger partial charge is 0.394 e. The fourth-order valence-electron chi connectivity index (χ4n) is 0.289. The van der Waals surface area contributed by atoms with E-state index in [0.29, 0.717) is 15.8 Å². The van der Waals surface area contributed by atoms with Crippen LogP contribution in [0.25, 0.3) is 0 Å². The average molecular weight is 150 g/mol. The predicted molar refractivity (Wildman–Crippen MR) is 35.9 cm³/mol. The summed E-state index contributed by atoms with van der Waals surface area (Å²) in [6.45, 7) is 0. The summed E-state index contributed by atoms with van der Waals surface area (Å²) in [6, 6.07) is 0. The number of anilines is 2. The van der Waals surface area contributed by atoms with Gasteiger partial charge in [-0.2, -0.15) is 4.37 Å². The van der Waals surface area contributed by atoms with Crippen LogP contribution in [0.1, 0.15) is 0 Å². The van der Waals surface area contributed by atoms with E-state index in [4.69, 9.17) is 23.1 Å². The Bertz CT molecular complexity index is 177. The van der Waals surface area contributed by atoms with Gasteiger partial charge in [0.1, 0.15) is 10.7 Å². The third-order valence-electron chi connectivity index (χ3n) is 0.712. The van der Waals surface area contributed by atoms with Crippen LogP contribution in [0.5, 0.6) is 0 Å². The van der Waals surface area contributed by atoms with Crippen LogP contribution in [0.2, 0.25) is 5.15 Å². The van der Waals surface area contributed by atoms with E-state index in [2.05, 4.69) is 4.37 Å². The highest BCUT2D eigenvalue weighted by atomic mass is 35.5. The minimum atomic E-state index is 0.299. The van der Waals surface area contributed by atoms with Gasteiger partial charge < -0.3 is 11.5 Å². The standard InChI is InChI=1S/C3H4ClN3S/c4-2-1(5)3(6)8-7-2/h5-6H2. The van der Waals surface area contributed by atoms with Crippen molar-refractivity contribution in [3.8, 4) is 0 Å². The number of halogens is 1. The maximum absolute atomic E-state index is 5.42. The summed E-state index contributed by atoms with van der Waals surface area (Å²) in [7, 11) is 0. The van der Waals surface area contributed by atoms with E-state index < -0.39 is 0 Å². The molecule has 0 unspecified atom stereocenters. The first kappa shape index (κ1) is 5.65. The van der Waals surface area contributed by atoms with Gasteiger partial charge in [-0.05, 0) is 11.5 Å². The molecule has 8 heavy (non-hydrogen) atoms. The summed E-state index contributed by atoms with van der Waals surface area (Å²) in [5.41, 5.74) is 11.0. The SMILES string of the molecule is Nc1snc(Cl)c1N. The monoisotopic (exact) mass is 149 g/mol. The van der Waals surface area contributed by atoms with Crippen molar-refractivity contribution in [2.75, 3.05) is 11.5 Å². The molecule has 0 spiro atoms. The van der Waals surface area contributed by atoms with Crippen molar-refractivity contribution in [3.63, 3.8) is 0 Å². The van der Waals surface area contributed by atoms with Crippen molar-refractivity contribution >= 4 is 33.8 Å². The van der Waals surface area contributed by atoms with Crippen LogP contribution in [0.4, 0.5) is 10.7 Å². The van der Waals surface area contributed by atoms with Gasteiger partial charge >= 0.3 is 0 Å². The molecule has 0 bridgehead atoms. The Morgan fingerprint density at radius 1 is 1.50 bits per heavy atom. The van der Waals surface area contributed by atoms with Crippen LogP contribution >= 0.6 is 23.1 Å². The quantitative estimate of drug-likeness (QED) is 0.578. The van der Waals surface area contributed by atoms with Gasteiger partial charge in [0.2, 0.25) is 0 Å². The van der Waals surface area contributed by atoms with Gasteiger partial charge in [0.15, 0.2) is 5.15 Å². The molecule has 0 fully saturated rings. The Morgan fingerprint density at radius 2 is 2.12 bits per heavy atom. The minimum absolute atomic E-state index is 0.299. The highest BCUT2D eigenvalue weighted by Crippen LogP contribution is 2.27. The van der Waals surface area contributed by atoms with E-state index in [1.807, 2.05) is 0 Å². The van der Waals surface area contributed by atoms with Crippen molar-refractivity contribution in [3.05, 3.63) is 5.15 Å². The zero-order chi connectivity index (χ0) is 6.15. The second-order valence-corrected chi connectivity index (χ2v) is 2.41. The number of nitrogen functional groups attached to an aromatic ring is 2. The molecule has 5 heteroatoms. The number of hydrogen-bond acceptors (Lipinski definition) is 4. The van der Waals surface area contributed by atoms with Crippen LogP contribution in [-0.4, -0.2) is 4.37 Å². The Kier molecular flexibility index (Phi) is 1.27. The summed E-state index contributed by atoms with van der Waals surface area (Å²) >= 11 is 6.53. The minimum Gasteiger partial charge on any atom is -0.394 e. The van der Waals surface area contributed by atoms with Crippen molar-refractivity contribution < 1.29 is 0 Å². The third-order valence-corrected chi connectivity index (χ3v) is 1.79. The molecule has 44 valence electrons. The van der Waals surface area contributed by atoms with Gasteiger partial charge in [-0.3, -0.25) is 0 Å². The molecule has 1 aromatic heterocycles. The molecule has 3 nitrogen and oxygen atoms in total. The number of aromatic nitrogens is 1. The van der Waals surface area contributed by atoms with Crippen LogP contribution in [0, 0.1) is 0 Å². The number of nitrogens with two attached hydrogens (primary N) is 2. The zero-order valence-corrected chi connectivity index (χ0v) is 5.46. The van der Waals surface area contributed by atoms with E-state index in [0.717, 1.165) is 11.5 Å². The highest BCUT2D eigenvalue weighted by Gasteiger charge is 2.02. The molecule has 0 saturated carbocycles. The predicted octanol–water partition coefficient (Wildman–Crippen LogP) is 0.961. The molecule has 1 rings (SSSR count). The third kappa shape index (κ3) is 0.719. The first-order chi connectivity index (χ1) is 3.72. The van der Waals surface area contributed by atoms with E-state index in [1.54, 1.807) is 0 Å². The molecule has 0 radical (unpaired) electrons. The lowest BCUT2D eigenvalue weighted by molar-refractivity contribution is 1.57. The topological polar surface area (TPSA) is 64.9 Å². The van der Waals surface area contributed by atoms with Crippen molar-refractivity contribution in [2.45, 2.75) is 0 Å². The summed E-state index contributed by atoms with van der Waals surface area (Å²) in [4.78, 5) is 0.